The molecule has 13 heteroatoms. The topological polar surface area (TPSA) is 226 Å². The van der Waals surface area contributed by atoms with Gasteiger partial charge in [0.15, 0.2) is 5.96 Å². The van der Waals surface area contributed by atoms with Gasteiger partial charge in [0.1, 0.15) is 23.9 Å². The molecule has 0 spiro atoms. The van der Waals surface area contributed by atoms with E-state index in [-0.39, 0.29) is 37.0 Å². The number of hydrogen-bond acceptors (Lipinski definition) is 7. The van der Waals surface area contributed by atoms with Crippen LogP contribution in [-0.4, -0.2) is 82.0 Å². The van der Waals surface area contributed by atoms with Crippen molar-refractivity contribution in [1.29, 1.82) is 0 Å². The monoisotopic (exact) mass is 547 g/mol. The molecule has 5 atom stereocenters. The van der Waals surface area contributed by atoms with Gasteiger partial charge in [-0.3, -0.25) is 19.4 Å². The number of benzene rings is 1. The molecule has 0 aliphatic carbocycles. The summed E-state index contributed by atoms with van der Waals surface area (Å²) in [5.74, 6) is -3.00. The normalized spacial score (nSPS) is 17.9. The number of likely N-dealkylation sites (tertiary alicyclic amines) is 1. The highest BCUT2D eigenvalue weighted by Crippen LogP contribution is 2.21. The van der Waals surface area contributed by atoms with E-state index in [1.807, 2.05) is 6.92 Å². The number of carbonyl (C=O) groups is 4. The molecule has 1 saturated heterocycles. The van der Waals surface area contributed by atoms with Crippen molar-refractivity contribution < 1.29 is 29.4 Å². The smallest absolute Gasteiger partial charge is 0.326 e. The van der Waals surface area contributed by atoms with Gasteiger partial charge < -0.3 is 42.9 Å². The quantitative estimate of drug-likeness (QED) is 0.0895. The first-order chi connectivity index (χ1) is 18.4. The minimum absolute atomic E-state index is 0.0864. The average molecular weight is 548 g/mol. The fourth-order valence-corrected chi connectivity index (χ4v) is 4.43. The van der Waals surface area contributed by atoms with E-state index in [1.165, 1.54) is 17.0 Å². The van der Waals surface area contributed by atoms with Crippen molar-refractivity contribution in [2.45, 2.75) is 76.5 Å². The van der Waals surface area contributed by atoms with Crippen LogP contribution in [0.3, 0.4) is 0 Å². The van der Waals surface area contributed by atoms with Gasteiger partial charge in [-0.15, -0.1) is 0 Å². The Balaban J connectivity index is 2.18. The number of phenolic OH excluding ortho intramolecular Hbond substituents is 1. The van der Waals surface area contributed by atoms with Gasteiger partial charge in [0, 0.05) is 13.1 Å². The first-order valence-electron chi connectivity index (χ1n) is 13.2. The number of phenols is 1. The number of nitrogens with two attached hydrogens (primary N) is 3. The summed E-state index contributed by atoms with van der Waals surface area (Å²) in [6, 6.07) is 2.35. The lowest BCUT2D eigenvalue weighted by Crippen LogP contribution is -2.58. The van der Waals surface area contributed by atoms with E-state index in [2.05, 4.69) is 15.6 Å². The molecule has 5 unspecified atom stereocenters. The molecule has 0 radical (unpaired) electrons. The second kappa shape index (κ2) is 14.9. The minimum Gasteiger partial charge on any atom is -0.508 e. The lowest BCUT2D eigenvalue weighted by atomic mass is 9.96. The number of nitrogens with one attached hydrogen (secondary N) is 2. The number of rotatable bonds is 14. The standard InChI is InChI=1S/C26H41N7O6/c1-3-15(2)21(24(37)33-13-5-7-20(33)25(38)39)32-23(36)19(6-4-12-30-26(28)29)31-22(35)18(27)14-16-8-10-17(34)11-9-16/h8-11,15,18-21,34H,3-7,12-14,27H2,1-2H3,(H,31,35)(H,32,36)(H,38,39)(H4,28,29,30). The molecular weight excluding hydrogens is 506 g/mol. The van der Waals surface area contributed by atoms with Gasteiger partial charge in [0.05, 0.1) is 6.04 Å². The van der Waals surface area contributed by atoms with Gasteiger partial charge in [0.2, 0.25) is 17.7 Å². The molecule has 1 aliphatic rings. The van der Waals surface area contributed by atoms with E-state index >= 15 is 0 Å². The fourth-order valence-electron chi connectivity index (χ4n) is 4.43. The van der Waals surface area contributed by atoms with Gasteiger partial charge in [-0.25, -0.2) is 4.79 Å². The van der Waals surface area contributed by atoms with Crippen molar-refractivity contribution in [1.82, 2.24) is 15.5 Å². The van der Waals surface area contributed by atoms with Crippen LogP contribution in [0.25, 0.3) is 0 Å². The number of amides is 3. The molecule has 10 N–H and O–H groups in total. The van der Waals surface area contributed by atoms with Crippen molar-refractivity contribution in [3.8, 4) is 5.75 Å². The van der Waals surface area contributed by atoms with E-state index < -0.39 is 47.9 Å². The Bertz CT molecular complexity index is 1030. The molecule has 0 bridgehead atoms. The SMILES string of the molecule is CCC(C)C(NC(=O)C(CCCN=C(N)N)NC(=O)C(N)Cc1ccc(O)cc1)C(=O)N1CCCC1C(=O)O. The van der Waals surface area contributed by atoms with Crippen LogP contribution in [-0.2, 0) is 25.6 Å². The zero-order valence-electron chi connectivity index (χ0n) is 22.5. The van der Waals surface area contributed by atoms with E-state index in [4.69, 9.17) is 17.2 Å². The molecule has 2 rings (SSSR count). The number of nitrogens with zero attached hydrogens (tertiary/aromatic N) is 2. The lowest BCUT2D eigenvalue weighted by Gasteiger charge is -2.31. The van der Waals surface area contributed by atoms with Crippen LogP contribution in [0.1, 0.15) is 51.5 Å². The molecular formula is C26H41N7O6. The highest BCUT2D eigenvalue weighted by Gasteiger charge is 2.39. The zero-order valence-corrected chi connectivity index (χ0v) is 22.5. The van der Waals surface area contributed by atoms with Crippen molar-refractivity contribution in [2.24, 2.45) is 28.1 Å². The molecule has 1 fully saturated rings. The van der Waals surface area contributed by atoms with E-state index in [0.29, 0.717) is 32.2 Å². The number of carboxylic acid groups (broad SMARTS) is 1. The van der Waals surface area contributed by atoms with Crippen LogP contribution in [0.5, 0.6) is 5.75 Å². The Labute approximate surface area is 228 Å². The largest absolute Gasteiger partial charge is 0.508 e. The van der Waals surface area contributed by atoms with E-state index in [1.54, 1.807) is 19.1 Å². The number of hydrogen-bond donors (Lipinski definition) is 7. The summed E-state index contributed by atoms with van der Waals surface area (Å²) in [6.07, 6.45) is 2.17. The Hall–Kier alpha value is -3.87. The summed E-state index contributed by atoms with van der Waals surface area (Å²) >= 11 is 0. The van der Waals surface area contributed by atoms with Gasteiger partial charge in [0.25, 0.3) is 0 Å². The van der Waals surface area contributed by atoms with Crippen molar-refractivity contribution in [2.75, 3.05) is 13.1 Å². The maximum atomic E-state index is 13.4. The summed E-state index contributed by atoms with van der Waals surface area (Å²) in [4.78, 5) is 56.6. The van der Waals surface area contributed by atoms with Crippen LogP contribution in [0.2, 0.25) is 0 Å². The van der Waals surface area contributed by atoms with Gasteiger partial charge in [-0.2, -0.15) is 0 Å². The van der Waals surface area contributed by atoms with Crippen LogP contribution in [0, 0.1) is 5.92 Å². The van der Waals surface area contributed by atoms with Gasteiger partial charge >= 0.3 is 5.97 Å². The van der Waals surface area contributed by atoms with E-state index in [0.717, 1.165) is 5.56 Å². The Morgan fingerprint density at radius 1 is 1.13 bits per heavy atom. The van der Waals surface area contributed by atoms with Crippen LogP contribution in [0.15, 0.2) is 29.3 Å². The zero-order chi connectivity index (χ0) is 29.1. The Kier molecular flexibility index (Phi) is 12.0. The Morgan fingerprint density at radius 2 is 1.79 bits per heavy atom. The maximum absolute atomic E-state index is 13.4. The lowest BCUT2D eigenvalue weighted by molar-refractivity contribution is -0.150. The number of carboxylic acids is 1. The fraction of sp³-hybridized carbons (Fsp3) is 0.577. The van der Waals surface area contributed by atoms with Gasteiger partial charge in [-0.1, -0.05) is 32.4 Å². The molecule has 13 nitrogen and oxygen atoms in total. The number of aliphatic imine (C=N–C) groups is 1. The molecule has 1 aliphatic heterocycles. The predicted molar refractivity (Wildman–Crippen MR) is 145 cm³/mol. The first-order valence-corrected chi connectivity index (χ1v) is 13.2. The first kappa shape index (κ1) is 31.3. The van der Waals surface area contributed by atoms with Crippen LogP contribution >= 0.6 is 0 Å². The number of aliphatic carboxylic acids is 1. The molecule has 1 aromatic carbocycles. The number of aromatic hydroxyl groups is 1. The minimum atomic E-state index is -1.08. The average Bonchev–Trinajstić information content (AvgIpc) is 3.39. The molecule has 3 amide bonds. The summed E-state index contributed by atoms with van der Waals surface area (Å²) < 4.78 is 0. The third-order valence-electron chi connectivity index (χ3n) is 6.90. The summed E-state index contributed by atoms with van der Waals surface area (Å²) in [5.41, 5.74) is 17.6. The third-order valence-corrected chi connectivity index (χ3v) is 6.90. The summed E-state index contributed by atoms with van der Waals surface area (Å²) in [5, 5.41) is 24.4. The predicted octanol–water partition coefficient (Wildman–Crippen LogP) is -0.593. The van der Waals surface area contributed by atoms with Crippen LogP contribution < -0.4 is 27.8 Å². The third kappa shape index (κ3) is 9.43. The summed E-state index contributed by atoms with van der Waals surface area (Å²) in [7, 11) is 0. The highest BCUT2D eigenvalue weighted by atomic mass is 16.4. The number of carbonyl (C=O) groups excluding carboxylic acids is 3. The molecule has 0 saturated carbocycles. The molecule has 1 heterocycles. The second-order valence-corrected chi connectivity index (χ2v) is 9.89. The molecule has 0 aromatic heterocycles. The maximum Gasteiger partial charge on any atom is 0.326 e. The Morgan fingerprint density at radius 3 is 2.38 bits per heavy atom. The molecule has 39 heavy (non-hydrogen) atoms. The van der Waals surface area contributed by atoms with Crippen LogP contribution in [0.4, 0.5) is 0 Å². The summed E-state index contributed by atoms with van der Waals surface area (Å²) in [6.45, 7) is 4.19. The number of guanidine groups is 1. The van der Waals surface area contributed by atoms with Gasteiger partial charge in [-0.05, 0) is 55.7 Å². The van der Waals surface area contributed by atoms with E-state index in [9.17, 15) is 29.4 Å². The second-order valence-electron chi connectivity index (χ2n) is 9.89. The molecule has 216 valence electrons. The van der Waals surface area contributed by atoms with Crippen molar-refractivity contribution >= 4 is 29.7 Å². The highest BCUT2D eigenvalue weighted by molar-refractivity contribution is 5.94. The van der Waals surface area contributed by atoms with Crippen molar-refractivity contribution in [3.05, 3.63) is 29.8 Å². The van der Waals surface area contributed by atoms with Crippen molar-refractivity contribution in [3.63, 3.8) is 0 Å². The molecule has 1 aromatic rings.